The van der Waals surface area contributed by atoms with Crippen molar-refractivity contribution < 1.29 is 13.2 Å². The number of nitrogens with one attached hydrogen (secondary N) is 1. The fourth-order valence-electron chi connectivity index (χ4n) is 2.71. The fourth-order valence-corrected chi connectivity index (χ4v) is 3.92. The van der Waals surface area contributed by atoms with Crippen LogP contribution in [0.3, 0.4) is 0 Å². The molecule has 0 saturated heterocycles. The molecule has 0 bridgehead atoms. The second kappa shape index (κ2) is 6.75. The van der Waals surface area contributed by atoms with E-state index in [0.29, 0.717) is 0 Å². The molecular formula is C15H20N4O3S2. The number of aromatic nitrogens is 2. The fraction of sp³-hybridized carbons (Fsp3) is 0.467. The van der Waals surface area contributed by atoms with Gasteiger partial charge in [0, 0.05) is 19.6 Å². The van der Waals surface area contributed by atoms with Crippen LogP contribution in [0.1, 0.15) is 33.5 Å². The average Bonchev–Trinajstić information content (AvgIpc) is 3.10. The molecule has 0 aromatic carbocycles. The number of Topliss-reactive ketones (excluding diaryl/α,β-unsaturated/α-hetero) is 1. The first-order valence-electron chi connectivity index (χ1n) is 7.61. The van der Waals surface area contributed by atoms with Crippen molar-refractivity contribution in [1.82, 2.24) is 19.4 Å². The average molecular weight is 368 g/mol. The number of sulfonamides is 1. The summed E-state index contributed by atoms with van der Waals surface area (Å²) in [5, 5.41) is 6.47. The molecule has 130 valence electrons. The van der Waals surface area contributed by atoms with Crippen LogP contribution < -0.4 is 4.72 Å². The van der Waals surface area contributed by atoms with Gasteiger partial charge in [-0.15, -0.1) is 11.3 Å². The Bertz CT molecular complexity index is 854. The monoisotopic (exact) mass is 368 g/mol. The molecule has 3 heterocycles. The van der Waals surface area contributed by atoms with Crippen LogP contribution in [0.5, 0.6) is 0 Å². The number of fused-ring (bicyclic) bond motifs is 1. The summed E-state index contributed by atoms with van der Waals surface area (Å²) >= 11 is 1.49. The Labute approximate surface area is 145 Å². The molecule has 0 saturated carbocycles. The summed E-state index contributed by atoms with van der Waals surface area (Å²) in [6.07, 6.45) is 1.14. The van der Waals surface area contributed by atoms with E-state index in [2.05, 4.69) is 14.7 Å². The maximum Gasteiger partial charge on any atom is 0.209 e. The van der Waals surface area contributed by atoms with Gasteiger partial charge in [0.05, 0.1) is 35.6 Å². The topological polar surface area (TPSA) is 84.3 Å². The second-order valence-electron chi connectivity index (χ2n) is 6.03. The molecule has 3 rings (SSSR count). The van der Waals surface area contributed by atoms with Crippen molar-refractivity contribution in [2.45, 2.75) is 33.1 Å². The number of carbonyl (C=O) groups excluding carboxylic acids is 1. The Kier molecular flexibility index (Phi) is 4.86. The zero-order chi connectivity index (χ0) is 17.3. The van der Waals surface area contributed by atoms with E-state index in [1.54, 1.807) is 6.92 Å². The van der Waals surface area contributed by atoms with Gasteiger partial charge in [-0.25, -0.2) is 13.1 Å². The van der Waals surface area contributed by atoms with Crippen molar-refractivity contribution in [1.29, 1.82) is 0 Å². The quantitative estimate of drug-likeness (QED) is 0.775. The molecule has 0 unspecified atom stereocenters. The summed E-state index contributed by atoms with van der Waals surface area (Å²) < 4.78 is 26.8. The third-order valence-electron chi connectivity index (χ3n) is 3.85. The number of hydrogen-bond acceptors (Lipinski definition) is 6. The van der Waals surface area contributed by atoms with Gasteiger partial charge in [-0.2, -0.15) is 5.10 Å². The van der Waals surface area contributed by atoms with Gasteiger partial charge >= 0.3 is 0 Å². The summed E-state index contributed by atoms with van der Waals surface area (Å²) in [5.74, 6) is 0.103. The second-order valence-corrected chi connectivity index (χ2v) is 8.77. The molecule has 2 aromatic rings. The summed E-state index contributed by atoms with van der Waals surface area (Å²) in [4.78, 5) is 14.5. The number of nitrogens with zero attached hydrogens (tertiary/aromatic N) is 3. The highest BCUT2D eigenvalue weighted by Gasteiger charge is 2.19. The first-order chi connectivity index (χ1) is 11.3. The van der Waals surface area contributed by atoms with Crippen LogP contribution in [-0.4, -0.2) is 41.7 Å². The zero-order valence-corrected chi connectivity index (χ0v) is 15.3. The van der Waals surface area contributed by atoms with Crippen molar-refractivity contribution in [3.8, 4) is 0 Å². The lowest BCUT2D eigenvalue weighted by atomic mass is 10.2. The SMILES string of the molecule is CC(=O)c1cc(CN2CCn3nc(CNS(C)(=O)=O)cc3C2)cs1. The Morgan fingerprint density at radius 2 is 2.17 bits per heavy atom. The minimum atomic E-state index is -3.22. The van der Waals surface area contributed by atoms with Gasteiger partial charge in [0.1, 0.15) is 0 Å². The molecule has 1 aliphatic heterocycles. The van der Waals surface area contributed by atoms with Crippen LogP contribution >= 0.6 is 11.3 Å². The van der Waals surface area contributed by atoms with Crippen LogP contribution in [0.25, 0.3) is 0 Å². The van der Waals surface area contributed by atoms with Gasteiger partial charge in [-0.05, 0) is 30.0 Å². The van der Waals surface area contributed by atoms with Crippen molar-refractivity contribution in [3.63, 3.8) is 0 Å². The lowest BCUT2D eigenvalue weighted by Crippen LogP contribution is -2.33. The largest absolute Gasteiger partial charge is 0.294 e. The first kappa shape index (κ1) is 17.3. The Morgan fingerprint density at radius 1 is 1.38 bits per heavy atom. The van der Waals surface area contributed by atoms with Gasteiger partial charge in [0.15, 0.2) is 5.78 Å². The molecular weight excluding hydrogens is 348 g/mol. The van der Waals surface area contributed by atoms with E-state index < -0.39 is 10.0 Å². The van der Waals surface area contributed by atoms with Crippen LogP contribution in [0.2, 0.25) is 0 Å². The molecule has 0 aliphatic carbocycles. The van der Waals surface area contributed by atoms with E-state index >= 15 is 0 Å². The number of rotatable bonds is 6. The van der Waals surface area contributed by atoms with Gasteiger partial charge < -0.3 is 0 Å². The van der Waals surface area contributed by atoms with Crippen molar-refractivity contribution in [2.24, 2.45) is 0 Å². The molecule has 9 heteroatoms. The predicted molar refractivity (Wildman–Crippen MR) is 92.3 cm³/mol. The van der Waals surface area contributed by atoms with Gasteiger partial charge in [0.25, 0.3) is 0 Å². The number of carbonyl (C=O) groups is 1. The summed E-state index contributed by atoms with van der Waals surface area (Å²) in [5.41, 5.74) is 2.96. The summed E-state index contributed by atoms with van der Waals surface area (Å²) in [6.45, 7) is 5.01. The minimum absolute atomic E-state index is 0.103. The maximum absolute atomic E-state index is 11.4. The van der Waals surface area contributed by atoms with Crippen LogP contribution in [-0.2, 0) is 36.2 Å². The number of ketones is 1. The highest BCUT2D eigenvalue weighted by atomic mass is 32.2. The van der Waals surface area contributed by atoms with Crippen LogP contribution in [0, 0.1) is 0 Å². The van der Waals surface area contributed by atoms with E-state index in [-0.39, 0.29) is 12.3 Å². The zero-order valence-electron chi connectivity index (χ0n) is 13.7. The van der Waals surface area contributed by atoms with Crippen molar-refractivity contribution in [2.75, 3.05) is 12.8 Å². The predicted octanol–water partition coefficient (Wildman–Crippen LogP) is 1.21. The highest BCUT2D eigenvalue weighted by molar-refractivity contribution is 7.88. The molecule has 0 atom stereocenters. The van der Waals surface area contributed by atoms with Crippen molar-refractivity contribution >= 4 is 27.1 Å². The van der Waals surface area contributed by atoms with Gasteiger partial charge in [-0.3, -0.25) is 14.4 Å². The van der Waals surface area contributed by atoms with Crippen LogP contribution in [0.15, 0.2) is 17.5 Å². The standard InChI is InChI=1S/C15H20N4O3S2/c1-11(20)15-5-12(10-23-15)8-18-3-4-19-14(9-18)6-13(17-19)7-16-24(2,21)22/h5-6,10,16H,3-4,7-9H2,1-2H3. The van der Waals surface area contributed by atoms with E-state index in [1.807, 2.05) is 22.2 Å². The smallest absolute Gasteiger partial charge is 0.209 e. The first-order valence-corrected chi connectivity index (χ1v) is 10.4. The molecule has 2 aromatic heterocycles. The lowest BCUT2D eigenvalue weighted by molar-refractivity contribution is 0.102. The van der Waals surface area contributed by atoms with Crippen molar-refractivity contribution in [3.05, 3.63) is 39.3 Å². The van der Waals surface area contributed by atoms with Crippen LogP contribution in [0.4, 0.5) is 0 Å². The number of thiophene rings is 1. The van der Waals surface area contributed by atoms with E-state index in [4.69, 9.17) is 0 Å². The van der Waals surface area contributed by atoms with Gasteiger partial charge in [-0.1, -0.05) is 0 Å². The third-order valence-corrected chi connectivity index (χ3v) is 5.60. The molecule has 1 N–H and O–H groups in total. The van der Waals surface area contributed by atoms with E-state index in [9.17, 15) is 13.2 Å². The summed E-state index contributed by atoms with van der Waals surface area (Å²) in [6, 6.07) is 3.90. The van der Waals surface area contributed by atoms with Gasteiger partial charge in [0.2, 0.25) is 10.0 Å². The molecule has 0 radical (unpaired) electrons. The molecule has 24 heavy (non-hydrogen) atoms. The normalized spacial score (nSPS) is 15.4. The molecule has 0 spiro atoms. The minimum Gasteiger partial charge on any atom is -0.294 e. The molecule has 1 aliphatic rings. The number of hydrogen-bond donors (Lipinski definition) is 1. The highest BCUT2D eigenvalue weighted by Crippen LogP contribution is 2.20. The maximum atomic E-state index is 11.4. The lowest BCUT2D eigenvalue weighted by Gasteiger charge is -2.27. The molecule has 0 fully saturated rings. The third kappa shape index (κ3) is 4.29. The Hall–Kier alpha value is -1.55. The Balaban J connectivity index is 1.63. The van der Waals surface area contributed by atoms with E-state index in [1.165, 1.54) is 11.3 Å². The van der Waals surface area contributed by atoms with E-state index in [0.717, 1.165) is 54.3 Å². The molecule has 7 nitrogen and oxygen atoms in total. The summed E-state index contributed by atoms with van der Waals surface area (Å²) in [7, 11) is -3.22. The molecule has 0 amide bonds. The Morgan fingerprint density at radius 3 is 2.83 bits per heavy atom.